The number of anilines is 1. The summed E-state index contributed by atoms with van der Waals surface area (Å²) >= 11 is 1.29. The molecule has 1 atom stereocenters. The number of thioether (sulfide) groups is 1. The third kappa shape index (κ3) is 4.15. The SMILES string of the molecule is C[C@@H](Sc1nnc(-c2ccccc2F)n1C1CC1)C(=O)Nc1cccc(C#N)c1. The van der Waals surface area contributed by atoms with Crippen molar-refractivity contribution in [3.05, 3.63) is 59.9 Å². The van der Waals surface area contributed by atoms with E-state index in [0.29, 0.717) is 27.8 Å². The molecular weight excluding hydrogens is 389 g/mol. The van der Waals surface area contributed by atoms with Gasteiger partial charge in [0.2, 0.25) is 5.91 Å². The molecule has 29 heavy (non-hydrogen) atoms. The van der Waals surface area contributed by atoms with Gasteiger partial charge in [-0.1, -0.05) is 30.0 Å². The zero-order valence-electron chi connectivity index (χ0n) is 15.7. The molecule has 1 aromatic heterocycles. The highest BCUT2D eigenvalue weighted by atomic mass is 32.2. The normalized spacial score (nSPS) is 14.2. The first kappa shape index (κ1) is 19.2. The highest BCUT2D eigenvalue weighted by Crippen LogP contribution is 2.42. The van der Waals surface area contributed by atoms with Crippen LogP contribution in [-0.2, 0) is 4.79 Å². The Morgan fingerprint density at radius 2 is 2.07 bits per heavy atom. The summed E-state index contributed by atoms with van der Waals surface area (Å²) in [4.78, 5) is 12.6. The third-order valence-corrected chi connectivity index (χ3v) is 5.66. The topological polar surface area (TPSA) is 83.6 Å². The Balaban J connectivity index is 1.54. The van der Waals surface area contributed by atoms with Gasteiger partial charge in [-0.05, 0) is 50.1 Å². The summed E-state index contributed by atoms with van der Waals surface area (Å²) in [5.41, 5.74) is 1.45. The van der Waals surface area contributed by atoms with Gasteiger partial charge in [-0.3, -0.25) is 9.36 Å². The largest absolute Gasteiger partial charge is 0.325 e. The van der Waals surface area contributed by atoms with E-state index in [1.807, 2.05) is 4.57 Å². The van der Waals surface area contributed by atoms with Gasteiger partial charge in [0, 0.05) is 11.7 Å². The molecule has 0 radical (unpaired) electrons. The fraction of sp³-hybridized carbons (Fsp3) is 0.238. The molecule has 1 aliphatic carbocycles. The molecule has 1 saturated carbocycles. The Morgan fingerprint density at radius 1 is 1.28 bits per heavy atom. The van der Waals surface area contributed by atoms with Crippen molar-refractivity contribution in [2.24, 2.45) is 0 Å². The molecule has 2 aromatic carbocycles. The molecule has 1 N–H and O–H groups in total. The van der Waals surface area contributed by atoms with Crippen LogP contribution in [0.25, 0.3) is 11.4 Å². The Hall–Kier alpha value is -3.18. The Kier molecular flexibility index (Phi) is 5.32. The molecule has 1 heterocycles. The summed E-state index contributed by atoms with van der Waals surface area (Å²) < 4.78 is 16.2. The number of benzene rings is 2. The fourth-order valence-electron chi connectivity index (χ4n) is 2.97. The summed E-state index contributed by atoms with van der Waals surface area (Å²) in [6.45, 7) is 1.78. The molecular formula is C21H18FN5OS. The van der Waals surface area contributed by atoms with Crippen molar-refractivity contribution < 1.29 is 9.18 Å². The maximum absolute atomic E-state index is 14.3. The second kappa shape index (κ2) is 8.05. The Labute approximate surface area is 171 Å². The van der Waals surface area contributed by atoms with Crippen LogP contribution in [0.3, 0.4) is 0 Å². The van der Waals surface area contributed by atoms with Gasteiger partial charge in [-0.25, -0.2) is 4.39 Å². The minimum Gasteiger partial charge on any atom is -0.325 e. The van der Waals surface area contributed by atoms with Crippen LogP contribution in [0, 0.1) is 17.1 Å². The maximum atomic E-state index is 14.3. The molecule has 3 aromatic rings. The standard InChI is InChI=1S/C21H18FN5OS/c1-13(20(28)24-15-6-4-5-14(11-15)12-23)29-21-26-25-19(27(21)16-9-10-16)17-7-2-3-8-18(17)22/h2-8,11,13,16H,9-10H2,1H3,(H,24,28)/t13-/m1/s1. The van der Waals surface area contributed by atoms with Crippen molar-refractivity contribution in [3.8, 4) is 17.5 Å². The minimum absolute atomic E-state index is 0.206. The van der Waals surface area contributed by atoms with E-state index in [4.69, 9.17) is 5.26 Å². The van der Waals surface area contributed by atoms with Crippen LogP contribution >= 0.6 is 11.8 Å². The molecule has 1 fully saturated rings. The van der Waals surface area contributed by atoms with E-state index < -0.39 is 5.25 Å². The number of rotatable bonds is 6. The molecule has 4 rings (SSSR count). The number of hydrogen-bond donors (Lipinski definition) is 1. The number of carbonyl (C=O) groups is 1. The molecule has 0 bridgehead atoms. The monoisotopic (exact) mass is 407 g/mol. The van der Waals surface area contributed by atoms with Crippen LogP contribution < -0.4 is 5.32 Å². The molecule has 6 nitrogen and oxygen atoms in total. The van der Waals surface area contributed by atoms with Crippen LogP contribution in [0.5, 0.6) is 0 Å². The number of hydrogen-bond acceptors (Lipinski definition) is 5. The van der Waals surface area contributed by atoms with E-state index in [1.165, 1.54) is 17.8 Å². The van der Waals surface area contributed by atoms with Gasteiger partial charge in [0.1, 0.15) is 5.82 Å². The van der Waals surface area contributed by atoms with Gasteiger partial charge in [-0.2, -0.15) is 5.26 Å². The van der Waals surface area contributed by atoms with E-state index in [0.717, 1.165) is 12.8 Å². The third-order valence-electron chi connectivity index (χ3n) is 4.60. The predicted molar refractivity (Wildman–Crippen MR) is 109 cm³/mol. The fourth-order valence-corrected chi connectivity index (χ4v) is 3.89. The highest BCUT2D eigenvalue weighted by Gasteiger charge is 2.32. The van der Waals surface area contributed by atoms with Gasteiger partial charge in [0.15, 0.2) is 11.0 Å². The molecule has 0 aliphatic heterocycles. The summed E-state index contributed by atoms with van der Waals surface area (Å²) in [6, 6.07) is 15.5. The molecule has 8 heteroatoms. The van der Waals surface area contributed by atoms with Gasteiger partial charge in [-0.15, -0.1) is 10.2 Å². The predicted octanol–water partition coefficient (Wildman–Crippen LogP) is 4.41. The van der Waals surface area contributed by atoms with Gasteiger partial charge in [0.25, 0.3) is 0 Å². The van der Waals surface area contributed by atoms with Crippen LogP contribution in [-0.4, -0.2) is 25.9 Å². The lowest BCUT2D eigenvalue weighted by Crippen LogP contribution is -2.23. The van der Waals surface area contributed by atoms with Gasteiger partial charge in [0.05, 0.1) is 22.4 Å². The average molecular weight is 407 g/mol. The van der Waals surface area contributed by atoms with Gasteiger partial charge >= 0.3 is 0 Å². The Bertz CT molecular complexity index is 1100. The molecule has 0 spiro atoms. The van der Waals surface area contributed by atoms with Crippen LogP contribution in [0.1, 0.15) is 31.4 Å². The summed E-state index contributed by atoms with van der Waals surface area (Å²) in [5.74, 6) is -0.0631. The lowest BCUT2D eigenvalue weighted by Gasteiger charge is -2.13. The van der Waals surface area contributed by atoms with Crippen molar-refractivity contribution in [2.45, 2.75) is 36.2 Å². The van der Waals surface area contributed by atoms with Crippen molar-refractivity contribution in [1.82, 2.24) is 14.8 Å². The first-order valence-corrected chi connectivity index (χ1v) is 10.1. The number of nitriles is 1. The first-order valence-electron chi connectivity index (χ1n) is 9.24. The highest BCUT2D eigenvalue weighted by molar-refractivity contribution is 8.00. The van der Waals surface area contributed by atoms with Crippen molar-refractivity contribution in [1.29, 1.82) is 5.26 Å². The van der Waals surface area contributed by atoms with Crippen molar-refractivity contribution in [2.75, 3.05) is 5.32 Å². The first-order chi connectivity index (χ1) is 14.1. The number of halogens is 1. The number of amides is 1. The maximum Gasteiger partial charge on any atom is 0.237 e. The summed E-state index contributed by atoms with van der Waals surface area (Å²) in [7, 11) is 0. The minimum atomic E-state index is -0.448. The molecule has 1 amide bonds. The average Bonchev–Trinajstić information content (AvgIpc) is 3.49. The number of nitrogens with zero attached hydrogens (tertiary/aromatic N) is 4. The second-order valence-corrected chi connectivity index (χ2v) is 8.14. The zero-order chi connectivity index (χ0) is 20.4. The molecule has 1 aliphatic rings. The van der Waals surface area contributed by atoms with Crippen molar-refractivity contribution in [3.63, 3.8) is 0 Å². The molecule has 146 valence electrons. The lowest BCUT2D eigenvalue weighted by atomic mass is 10.2. The van der Waals surface area contributed by atoms with Crippen LogP contribution in [0.2, 0.25) is 0 Å². The summed E-state index contributed by atoms with van der Waals surface area (Å²) in [6.07, 6.45) is 1.96. The second-order valence-electron chi connectivity index (χ2n) is 6.83. The van der Waals surface area contributed by atoms with E-state index in [2.05, 4.69) is 21.6 Å². The smallest absolute Gasteiger partial charge is 0.237 e. The summed E-state index contributed by atoms with van der Waals surface area (Å²) in [5, 5.41) is 20.4. The zero-order valence-corrected chi connectivity index (χ0v) is 16.5. The van der Waals surface area contributed by atoms with E-state index in [-0.39, 0.29) is 17.8 Å². The van der Waals surface area contributed by atoms with Crippen LogP contribution in [0.15, 0.2) is 53.7 Å². The quantitative estimate of drug-likeness (QED) is 0.612. The van der Waals surface area contributed by atoms with E-state index in [1.54, 1.807) is 49.4 Å². The number of nitrogens with one attached hydrogen (secondary N) is 1. The number of aromatic nitrogens is 3. The van der Waals surface area contributed by atoms with Gasteiger partial charge < -0.3 is 5.32 Å². The van der Waals surface area contributed by atoms with E-state index >= 15 is 0 Å². The molecule has 0 unspecified atom stereocenters. The Morgan fingerprint density at radius 3 is 2.79 bits per heavy atom. The van der Waals surface area contributed by atoms with Crippen molar-refractivity contribution >= 4 is 23.4 Å². The number of carbonyl (C=O) groups excluding carboxylic acids is 1. The van der Waals surface area contributed by atoms with E-state index in [9.17, 15) is 9.18 Å². The van der Waals surface area contributed by atoms with Crippen LogP contribution in [0.4, 0.5) is 10.1 Å². The lowest BCUT2D eigenvalue weighted by molar-refractivity contribution is -0.115. The molecule has 0 saturated heterocycles.